The molecule has 6 nitrogen and oxygen atoms in total. The number of phenols is 3. The zero-order chi connectivity index (χ0) is 47.4. The molecule has 366 valence electrons. The Hall–Kier alpha value is -3.93. The molecule has 0 atom stereocenters. The van der Waals surface area contributed by atoms with Crippen molar-refractivity contribution in [1.29, 1.82) is 0 Å². The third-order valence-electron chi connectivity index (χ3n) is 14.4. The molecule has 0 aliphatic carbocycles. The molecule has 0 bridgehead atoms. The van der Waals surface area contributed by atoms with Crippen LogP contribution in [0.4, 0.5) is 0 Å². The van der Waals surface area contributed by atoms with Crippen LogP contribution in [0.3, 0.4) is 0 Å². The Morgan fingerprint density at radius 3 is 0.697 bits per heavy atom. The fourth-order valence-corrected chi connectivity index (χ4v) is 9.73. The molecule has 1 heterocycles. The molecule has 0 fully saturated rings. The van der Waals surface area contributed by atoms with Gasteiger partial charge >= 0.3 is 0 Å². The van der Waals surface area contributed by atoms with Gasteiger partial charge in [-0.1, -0.05) is 212 Å². The molecule has 0 saturated carbocycles. The van der Waals surface area contributed by atoms with Crippen LogP contribution in [0.1, 0.15) is 247 Å². The predicted octanol–water partition coefficient (Wildman–Crippen LogP) is 18.3. The lowest BCUT2D eigenvalue weighted by molar-refractivity contribution is 0.471. The zero-order valence-electron chi connectivity index (χ0n) is 43.0. The smallest absolute Gasteiger partial charge is 0.167 e. The van der Waals surface area contributed by atoms with Crippen LogP contribution >= 0.6 is 0 Å². The monoisotopic (exact) mass is 904 g/mol. The molecular weight excluding hydrogens is 811 g/mol. The molecule has 0 radical (unpaired) electrons. The van der Waals surface area contributed by atoms with Crippen LogP contribution in [-0.2, 0) is 19.3 Å². The summed E-state index contributed by atoms with van der Waals surface area (Å²) in [7, 11) is 0. The Kier molecular flexibility index (Phi) is 26.5. The molecule has 0 amide bonds. The Morgan fingerprint density at radius 1 is 0.288 bits per heavy atom. The number of nitrogens with zero attached hydrogens (tertiary/aromatic N) is 3. The van der Waals surface area contributed by atoms with Crippen molar-refractivity contribution in [3.63, 3.8) is 0 Å². The summed E-state index contributed by atoms with van der Waals surface area (Å²) in [6.07, 6.45) is 41.5. The minimum absolute atomic E-state index is 0.169. The maximum absolute atomic E-state index is 11.8. The number of phenolic OH excluding ortho intramolecular Hbond substituents is 3. The van der Waals surface area contributed by atoms with Crippen LogP contribution in [-0.4, -0.2) is 30.3 Å². The quantitative estimate of drug-likeness (QED) is 0.0393. The van der Waals surface area contributed by atoms with Gasteiger partial charge in [-0.25, -0.2) is 15.0 Å². The standard InChI is InChI=1S/C60H93N3O3/c1-7-10-13-16-19-22-25-28-31-34-37-49-40-43-52(55(64)46(49)4)58-61-59(53-44-41-50(47(5)56(53)65)38-35-32-29-26-23-20-17-14-11-8-2)63-60(62-58)54-45-42-51(48(6)57(54)66)39-36-33-30-27-24-21-18-15-12-9-3/h40-45,64-66H,7-39H2,1-6H3. The molecule has 6 heteroatoms. The first-order chi connectivity index (χ1) is 32.2. The first-order valence-corrected chi connectivity index (χ1v) is 27.4. The highest BCUT2D eigenvalue weighted by molar-refractivity contribution is 5.76. The molecule has 0 spiro atoms. The van der Waals surface area contributed by atoms with Gasteiger partial charge in [-0.15, -0.1) is 0 Å². The normalized spacial score (nSPS) is 11.5. The Labute approximate surface area is 403 Å². The molecular formula is C60H93N3O3. The molecule has 0 unspecified atom stereocenters. The van der Waals surface area contributed by atoms with Crippen molar-refractivity contribution in [3.05, 3.63) is 69.8 Å². The van der Waals surface area contributed by atoms with Gasteiger partial charge in [-0.2, -0.15) is 0 Å². The van der Waals surface area contributed by atoms with E-state index < -0.39 is 0 Å². The van der Waals surface area contributed by atoms with Crippen molar-refractivity contribution in [2.45, 2.75) is 253 Å². The maximum Gasteiger partial charge on any atom is 0.167 e. The molecule has 4 aromatic rings. The first kappa shape index (κ1) is 54.7. The molecule has 66 heavy (non-hydrogen) atoms. The SMILES string of the molecule is CCCCCCCCCCCCc1ccc(-c2nc(-c3ccc(CCCCCCCCCCCC)c(C)c3O)nc(-c3ccc(CCCCCCCCCCCC)c(C)c3O)n2)c(O)c1C. The molecule has 0 aliphatic rings. The largest absolute Gasteiger partial charge is 0.507 e. The second-order valence-electron chi connectivity index (χ2n) is 19.8. The van der Waals surface area contributed by atoms with E-state index in [0.29, 0.717) is 34.2 Å². The van der Waals surface area contributed by atoms with Crippen LogP contribution in [0, 0.1) is 20.8 Å². The van der Waals surface area contributed by atoms with Crippen molar-refractivity contribution < 1.29 is 15.3 Å². The average Bonchev–Trinajstić information content (AvgIpc) is 3.32. The summed E-state index contributed by atoms with van der Waals surface area (Å²) in [6.45, 7) is 12.8. The van der Waals surface area contributed by atoms with Crippen LogP contribution in [0.15, 0.2) is 36.4 Å². The van der Waals surface area contributed by atoms with Crippen molar-refractivity contribution in [3.8, 4) is 51.4 Å². The predicted molar refractivity (Wildman–Crippen MR) is 282 cm³/mol. The lowest BCUT2D eigenvalue weighted by Crippen LogP contribution is -2.03. The Bertz CT molecular complexity index is 1740. The van der Waals surface area contributed by atoms with E-state index in [9.17, 15) is 15.3 Å². The number of aryl methyl sites for hydroxylation is 3. The molecule has 0 saturated heterocycles. The summed E-state index contributed by atoms with van der Waals surface area (Å²) in [4.78, 5) is 14.9. The summed E-state index contributed by atoms with van der Waals surface area (Å²) in [5.41, 5.74) is 7.52. The van der Waals surface area contributed by atoms with Crippen molar-refractivity contribution in [2.75, 3.05) is 0 Å². The molecule has 0 aliphatic heterocycles. The van der Waals surface area contributed by atoms with Crippen LogP contribution in [0.25, 0.3) is 34.2 Å². The van der Waals surface area contributed by atoms with Gasteiger partial charge in [0, 0.05) is 0 Å². The number of aromatic nitrogens is 3. The maximum atomic E-state index is 11.8. The highest BCUT2D eigenvalue weighted by atomic mass is 16.3. The van der Waals surface area contributed by atoms with Gasteiger partial charge in [0.2, 0.25) is 0 Å². The van der Waals surface area contributed by atoms with E-state index in [2.05, 4.69) is 39.0 Å². The number of rotatable bonds is 36. The fourth-order valence-electron chi connectivity index (χ4n) is 9.73. The first-order valence-electron chi connectivity index (χ1n) is 27.4. The van der Waals surface area contributed by atoms with Gasteiger partial charge in [0.1, 0.15) is 17.2 Å². The van der Waals surface area contributed by atoms with Gasteiger partial charge in [0.25, 0.3) is 0 Å². The molecule has 3 N–H and O–H groups in total. The van der Waals surface area contributed by atoms with Gasteiger partial charge in [-0.3, -0.25) is 0 Å². The summed E-state index contributed by atoms with van der Waals surface area (Å²) < 4.78 is 0. The van der Waals surface area contributed by atoms with Crippen LogP contribution in [0.2, 0.25) is 0 Å². The Morgan fingerprint density at radius 2 is 0.485 bits per heavy atom. The molecule has 3 aromatic carbocycles. The van der Waals surface area contributed by atoms with E-state index in [-0.39, 0.29) is 17.2 Å². The summed E-state index contributed by atoms with van der Waals surface area (Å²) in [6, 6.07) is 12.1. The van der Waals surface area contributed by atoms with Crippen LogP contribution in [0.5, 0.6) is 17.2 Å². The van der Waals surface area contributed by atoms with E-state index in [4.69, 9.17) is 15.0 Å². The highest BCUT2D eigenvalue weighted by Gasteiger charge is 2.22. The minimum Gasteiger partial charge on any atom is -0.507 e. The van der Waals surface area contributed by atoms with Crippen molar-refractivity contribution in [2.24, 2.45) is 0 Å². The molecule has 4 rings (SSSR count). The highest BCUT2D eigenvalue weighted by Crippen LogP contribution is 2.40. The fraction of sp³-hybridized carbons (Fsp3) is 0.650. The summed E-state index contributed by atoms with van der Waals surface area (Å²) >= 11 is 0. The van der Waals surface area contributed by atoms with Crippen LogP contribution < -0.4 is 0 Å². The van der Waals surface area contributed by atoms with E-state index in [0.717, 1.165) is 71.9 Å². The second kappa shape index (κ2) is 31.9. The topological polar surface area (TPSA) is 99.4 Å². The van der Waals surface area contributed by atoms with Gasteiger partial charge in [0.15, 0.2) is 17.5 Å². The van der Waals surface area contributed by atoms with E-state index >= 15 is 0 Å². The summed E-state index contributed by atoms with van der Waals surface area (Å²) in [5, 5.41) is 35.3. The lowest BCUT2D eigenvalue weighted by atomic mass is 9.96. The van der Waals surface area contributed by atoms with E-state index in [1.54, 1.807) is 0 Å². The third-order valence-corrected chi connectivity index (χ3v) is 14.4. The van der Waals surface area contributed by atoms with Gasteiger partial charge < -0.3 is 15.3 Å². The van der Waals surface area contributed by atoms with Gasteiger partial charge in [0.05, 0.1) is 16.7 Å². The number of aromatic hydroxyl groups is 3. The van der Waals surface area contributed by atoms with Crippen molar-refractivity contribution in [1.82, 2.24) is 15.0 Å². The molecule has 1 aromatic heterocycles. The van der Waals surface area contributed by atoms with Crippen molar-refractivity contribution >= 4 is 0 Å². The average molecular weight is 904 g/mol. The number of hydrogen-bond donors (Lipinski definition) is 3. The number of unbranched alkanes of at least 4 members (excludes halogenated alkanes) is 27. The Balaban J connectivity index is 1.52. The van der Waals surface area contributed by atoms with Gasteiger partial charge in [-0.05, 0) is 111 Å². The lowest BCUT2D eigenvalue weighted by Gasteiger charge is -2.16. The minimum atomic E-state index is 0.169. The zero-order valence-corrected chi connectivity index (χ0v) is 43.0. The summed E-state index contributed by atoms with van der Waals surface area (Å²) in [5.74, 6) is 1.46. The number of benzene rings is 3. The third kappa shape index (κ3) is 18.3. The second-order valence-corrected chi connectivity index (χ2v) is 19.8. The van der Waals surface area contributed by atoms with E-state index in [1.165, 1.54) is 173 Å². The van der Waals surface area contributed by atoms with E-state index in [1.807, 2.05) is 39.0 Å². The number of hydrogen-bond acceptors (Lipinski definition) is 6.